The SMILES string of the molecule is Oc1ccccc1[C@@H]1CCCC[C@H]1O. The van der Waals surface area contributed by atoms with Crippen molar-refractivity contribution in [3.05, 3.63) is 29.8 Å². The molecule has 1 aliphatic carbocycles. The highest BCUT2D eigenvalue weighted by molar-refractivity contribution is 5.35. The van der Waals surface area contributed by atoms with E-state index in [1.165, 1.54) is 0 Å². The second-order valence-electron chi connectivity index (χ2n) is 4.02. The molecular weight excluding hydrogens is 176 g/mol. The van der Waals surface area contributed by atoms with E-state index in [0.717, 1.165) is 31.2 Å². The van der Waals surface area contributed by atoms with E-state index >= 15 is 0 Å². The molecule has 0 unspecified atom stereocenters. The highest BCUT2D eigenvalue weighted by atomic mass is 16.3. The van der Waals surface area contributed by atoms with E-state index in [9.17, 15) is 10.2 Å². The number of para-hydroxylation sites is 1. The fourth-order valence-electron chi connectivity index (χ4n) is 2.28. The topological polar surface area (TPSA) is 40.5 Å². The summed E-state index contributed by atoms with van der Waals surface area (Å²) in [5, 5.41) is 19.5. The Morgan fingerprint density at radius 1 is 1.07 bits per heavy atom. The first-order chi connectivity index (χ1) is 6.79. The summed E-state index contributed by atoms with van der Waals surface area (Å²) >= 11 is 0. The zero-order valence-electron chi connectivity index (χ0n) is 8.19. The molecule has 76 valence electrons. The van der Waals surface area contributed by atoms with Crippen molar-refractivity contribution < 1.29 is 10.2 Å². The molecule has 0 saturated heterocycles. The van der Waals surface area contributed by atoms with Crippen LogP contribution in [0.3, 0.4) is 0 Å². The Kier molecular flexibility index (Phi) is 2.73. The number of aromatic hydroxyl groups is 1. The highest BCUT2D eigenvalue weighted by Crippen LogP contribution is 2.36. The van der Waals surface area contributed by atoms with Crippen LogP contribution in [-0.4, -0.2) is 16.3 Å². The lowest BCUT2D eigenvalue weighted by molar-refractivity contribution is 0.105. The molecule has 0 heterocycles. The Balaban J connectivity index is 2.25. The Bertz CT molecular complexity index is 309. The molecule has 1 saturated carbocycles. The lowest BCUT2D eigenvalue weighted by Gasteiger charge is -2.28. The number of hydrogen-bond donors (Lipinski definition) is 2. The molecule has 0 amide bonds. The fourth-order valence-corrected chi connectivity index (χ4v) is 2.28. The van der Waals surface area contributed by atoms with Crippen molar-refractivity contribution in [1.82, 2.24) is 0 Å². The zero-order valence-corrected chi connectivity index (χ0v) is 8.19. The van der Waals surface area contributed by atoms with Crippen LogP contribution in [0.1, 0.15) is 37.2 Å². The summed E-state index contributed by atoms with van der Waals surface area (Å²) < 4.78 is 0. The summed E-state index contributed by atoms with van der Waals surface area (Å²) in [7, 11) is 0. The molecule has 0 aliphatic heterocycles. The van der Waals surface area contributed by atoms with Crippen LogP contribution in [0.15, 0.2) is 24.3 Å². The van der Waals surface area contributed by atoms with E-state index in [4.69, 9.17) is 0 Å². The van der Waals surface area contributed by atoms with Gasteiger partial charge in [0.2, 0.25) is 0 Å². The van der Waals surface area contributed by atoms with Gasteiger partial charge in [-0.3, -0.25) is 0 Å². The maximum absolute atomic E-state index is 9.84. The van der Waals surface area contributed by atoms with Gasteiger partial charge in [0.15, 0.2) is 0 Å². The van der Waals surface area contributed by atoms with E-state index < -0.39 is 0 Å². The lowest BCUT2D eigenvalue weighted by atomic mass is 9.81. The summed E-state index contributed by atoms with van der Waals surface area (Å²) in [5.74, 6) is 0.448. The van der Waals surface area contributed by atoms with Crippen molar-refractivity contribution in [2.75, 3.05) is 0 Å². The third-order valence-corrected chi connectivity index (χ3v) is 3.07. The van der Waals surface area contributed by atoms with Gasteiger partial charge in [0.05, 0.1) is 6.10 Å². The molecule has 1 aliphatic rings. The predicted octanol–water partition coefficient (Wildman–Crippen LogP) is 2.41. The van der Waals surface area contributed by atoms with Gasteiger partial charge in [-0.15, -0.1) is 0 Å². The summed E-state index contributed by atoms with van der Waals surface area (Å²) in [6.07, 6.45) is 3.82. The molecule has 2 atom stereocenters. The standard InChI is InChI=1S/C12H16O2/c13-11-7-3-1-5-9(11)10-6-2-4-8-12(10)14/h1,3,5,7,10,12-14H,2,4,6,8H2/t10-,12+/m0/s1. The van der Waals surface area contributed by atoms with E-state index in [-0.39, 0.29) is 12.0 Å². The fraction of sp³-hybridized carbons (Fsp3) is 0.500. The molecule has 1 aromatic carbocycles. The molecular formula is C12H16O2. The van der Waals surface area contributed by atoms with Crippen LogP contribution >= 0.6 is 0 Å². The number of aliphatic hydroxyl groups is 1. The number of hydrogen-bond acceptors (Lipinski definition) is 2. The highest BCUT2D eigenvalue weighted by Gasteiger charge is 2.26. The van der Waals surface area contributed by atoms with Crippen molar-refractivity contribution in [2.45, 2.75) is 37.7 Å². The monoisotopic (exact) mass is 192 g/mol. The van der Waals surface area contributed by atoms with Crippen LogP contribution in [-0.2, 0) is 0 Å². The van der Waals surface area contributed by atoms with Crippen molar-refractivity contribution in [3.63, 3.8) is 0 Å². The molecule has 0 spiro atoms. The molecule has 1 aromatic rings. The van der Waals surface area contributed by atoms with E-state index in [2.05, 4.69) is 0 Å². The van der Waals surface area contributed by atoms with Gasteiger partial charge >= 0.3 is 0 Å². The minimum absolute atomic E-state index is 0.130. The second kappa shape index (κ2) is 4.01. The summed E-state index contributed by atoms with van der Waals surface area (Å²) in [4.78, 5) is 0. The quantitative estimate of drug-likeness (QED) is 0.717. The van der Waals surface area contributed by atoms with Crippen LogP contribution in [0.5, 0.6) is 5.75 Å². The summed E-state index contributed by atoms with van der Waals surface area (Å²) in [5.41, 5.74) is 0.903. The molecule has 14 heavy (non-hydrogen) atoms. The zero-order chi connectivity index (χ0) is 9.97. The number of phenols is 1. The first kappa shape index (κ1) is 9.53. The van der Waals surface area contributed by atoms with Gasteiger partial charge < -0.3 is 10.2 Å². The third kappa shape index (κ3) is 1.75. The first-order valence-corrected chi connectivity index (χ1v) is 5.25. The Morgan fingerprint density at radius 2 is 1.79 bits per heavy atom. The van der Waals surface area contributed by atoms with Crippen LogP contribution in [0.4, 0.5) is 0 Å². The molecule has 0 bridgehead atoms. The Labute approximate surface area is 84.2 Å². The van der Waals surface area contributed by atoms with Gasteiger partial charge in [0, 0.05) is 5.92 Å². The van der Waals surface area contributed by atoms with Crippen LogP contribution < -0.4 is 0 Å². The van der Waals surface area contributed by atoms with Crippen molar-refractivity contribution in [2.24, 2.45) is 0 Å². The molecule has 1 fully saturated rings. The summed E-state index contributed by atoms with van der Waals surface area (Å²) in [6.45, 7) is 0. The van der Waals surface area contributed by atoms with Crippen molar-refractivity contribution >= 4 is 0 Å². The molecule has 2 nitrogen and oxygen atoms in total. The largest absolute Gasteiger partial charge is 0.508 e. The van der Waals surface area contributed by atoms with Gasteiger partial charge in [0.25, 0.3) is 0 Å². The molecule has 2 N–H and O–H groups in total. The van der Waals surface area contributed by atoms with Crippen LogP contribution in [0.2, 0.25) is 0 Å². The smallest absolute Gasteiger partial charge is 0.119 e. The molecule has 2 heteroatoms. The van der Waals surface area contributed by atoms with Gasteiger partial charge in [0.1, 0.15) is 5.75 Å². The van der Waals surface area contributed by atoms with E-state index in [0.29, 0.717) is 5.75 Å². The predicted molar refractivity (Wildman–Crippen MR) is 55.3 cm³/mol. The maximum atomic E-state index is 9.84. The average molecular weight is 192 g/mol. The number of aliphatic hydroxyl groups excluding tert-OH is 1. The molecule has 0 radical (unpaired) electrons. The average Bonchev–Trinajstić information content (AvgIpc) is 2.20. The normalized spacial score (nSPS) is 27.5. The second-order valence-corrected chi connectivity index (χ2v) is 4.02. The van der Waals surface area contributed by atoms with Crippen molar-refractivity contribution in [3.8, 4) is 5.75 Å². The Hall–Kier alpha value is -1.02. The van der Waals surface area contributed by atoms with E-state index in [1.807, 2.05) is 18.2 Å². The minimum atomic E-state index is -0.281. The lowest BCUT2D eigenvalue weighted by Crippen LogP contribution is -2.22. The molecule has 0 aromatic heterocycles. The van der Waals surface area contributed by atoms with E-state index in [1.54, 1.807) is 6.07 Å². The number of benzene rings is 1. The van der Waals surface area contributed by atoms with Gasteiger partial charge in [-0.05, 0) is 24.5 Å². The van der Waals surface area contributed by atoms with Crippen LogP contribution in [0, 0.1) is 0 Å². The Morgan fingerprint density at radius 3 is 2.50 bits per heavy atom. The summed E-state index contributed by atoms with van der Waals surface area (Å²) in [6, 6.07) is 7.33. The third-order valence-electron chi connectivity index (χ3n) is 3.07. The minimum Gasteiger partial charge on any atom is -0.508 e. The van der Waals surface area contributed by atoms with Gasteiger partial charge in [-0.2, -0.15) is 0 Å². The number of phenolic OH excluding ortho intramolecular Hbond substituents is 1. The number of rotatable bonds is 1. The van der Waals surface area contributed by atoms with Gasteiger partial charge in [-0.25, -0.2) is 0 Å². The first-order valence-electron chi connectivity index (χ1n) is 5.25. The van der Waals surface area contributed by atoms with Crippen LogP contribution in [0.25, 0.3) is 0 Å². The maximum Gasteiger partial charge on any atom is 0.119 e. The van der Waals surface area contributed by atoms with Crippen molar-refractivity contribution in [1.29, 1.82) is 0 Å². The molecule has 2 rings (SSSR count). The van der Waals surface area contributed by atoms with Gasteiger partial charge in [-0.1, -0.05) is 31.0 Å².